The summed E-state index contributed by atoms with van der Waals surface area (Å²) in [6.07, 6.45) is -0.0132. The second-order valence-corrected chi connectivity index (χ2v) is 7.12. The first kappa shape index (κ1) is 22.0. The number of aliphatic hydroxyl groups excluding tert-OH is 1. The van der Waals surface area contributed by atoms with Crippen LogP contribution < -0.4 is 21.3 Å². The van der Waals surface area contributed by atoms with Crippen LogP contribution in [0.25, 0.3) is 0 Å². The van der Waals surface area contributed by atoms with Gasteiger partial charge in [0.1, 0.15) is 5.84 Å². The van der Waals surface area contributed by atoms with Gasteiger partial charge in [-0.25, -0.2) is 0 Å². The molecule has 2 aromatic carbocycles. The third-order valence-corrected chi connectivity index (χ3v) is 4.77. The number of rotatable bonds is 8. The predicted octanol–water partition coefficient (Wildman–Crippen LogP) is 1.61. The summed E-state index contributed by atoms with van der Waals surface area (Å²) in [6, 6.07) is 12.1. The number of carbonyl (C=O) groups excluding carboxylic acids is 3. The summed E-state index contributed by atoms with van der Waals surface area (Å²) >= 11 is 0. The Labute approximate surface area is 180 Å². The molecule has 1 aliphatic rings. The Bertz CT molecular complexity index is 1020. The van der Waals surface area contributed by atoms with Crippen LogP contribution in [0.1, 0.15) is 30.9 Å². The molecule has 1 heterocycles. The standard InChI is InChI=1S/C22H25N5O4/c1-14(29)25-16-2-5-18(6-3-16)27(10-11-28)21(31)9-8-20(30)26-17-4-7-19-15(12-17)13-24-22(19)23/h2-7,12,28H,8-11,13H2,1H3,(H2,23,24)(H,25,29)(H,26,30). The lowest BCUT2D eigenvalue weighted by Gasteiger charge is -2.22. The van der Waals surface area contributed by atoms with E-state index in [-0.39, 0.29) is 43.7 Å². The lowest BCUT2D eigenvalue weighted by atomic mass is 10.1. The number of nitrogens with one attached hydrogen (secondary N) is 2. The molecule has 9 heteroatoms. The Kier molecular flexibility index (Phi) is 6.99. The van der Waals surface area contributed by atoms with Gasteiger partial charge in [-0.2, -0.15) is 0 Å². The summed E-state index contributed by atoms with van der Waals surface area (Å²) in [6.45, 7) is 1.78. The van der Waals surface area contributed by atoms with Gasteiger partial charge in [0.05, 0.1) is 13.2 Å². The zero-order valence-electron chi connectivity index (χ0n) is 17.2. The fourth-order valence-corrected chi connectivity index (χ4v) is 3.31. The summed E-state index contributed by atoms with van der Waals surface area (Å²) in [5.41, 5.74) is 9.42. The fraction of sp³-hybridized carbons (Fsp3) is 0.273. The van der Waals surface area contributed by atoms with E-state index in [9.17, 15) is 19.5 Å². The molecule has 0 saturated carbocycles. The van der Waals surface area contributed by atoms with Gasteiger partial charge in [0.2, 0.25) is 17.7 Å². The van der Waals surface area contributed by atoms with Crippen LogP contribution in [0.5, 0.6) is 0 Å². The Balaban J connectivity index is 1.57. The number of nitrogens with zero attached hydrogens (tertiary/aromatic N) is 2. The number of benzene rings is 2. The first-order valence-electron chi connectivity index (χ1n) is 9.89. The van der Waals surface area contributed by atoms with E-state index in [1.165, 1.54) is 11.8 Å². The summed E-state index contributed by atoms with van der Waals surface area (Å²) < 4.78 is 0. The van der Waals surface area contributed by atoms with Gasteiger partial charge in [0, 0.05) is 48.9 Å². The van der Waals surface area contributed by atoms with Crippen LogP contribution in [0.2, 0.25) is 0 Å². The smallest absolute Gasteiger partial charge is 0.227 e. The highest BCUT2D eigenvalue weighted by Gasteiger charge is 2.18. The molecular weight excluding hydrogens is 398 g/mol. The molecule has 0 saturated heterocycles. The molecule has 0 radical (unpaired) electrons. The van der Waals surface area contributed by atoms with E-state index in [2.05, 4.69) is 15.6 Å². The van der Waals surface area contributed by atoms with Crippen molar-refractivity contribution in [2.45, 2.75) is 26.3 Å². The lowest BCUT2D eigenvalue weighted by molar-refractivity contribution is -0.122. The molecule has 9 nitrogen and oxygen atoms in total. The van der Waals surface area contributed by atoms with Crippen LogP contribution in [0.15, 0.2) is 47.5 Å². The molecule has 1 aliphatic heterocycles. The topological polar surface area (TPSA) is 137 Å². The van der Waals surface area contributed by atoms with Gasteiger partial charge in [0.15, 0.2) is 0 Å². The summed E-state index contributed by atoms with van der Waals surface area (Å²) in [7, 11) is 0. The van der Waals surface area contributed by atoms with Gasteiger partial charge >= 0.3 is 0 Å². The van der Waals surface area contributed by atoms with Gasteiger partial charge in [-0.15, -0.1) is 0 Å². The van der Waals surface area contributed by atoms with E-state index < -0.39 is 0 Å². The highest BCUT2D eigenvalue weighted by molar-refractivity contribution is 6.02. The van der Waals surface area contributed by atoms with E-state index >= 15 is 0 Å². The maximum atomic E-state index is 12.7. The van der Waals surface area contributed by atoms with Crippen molar-refractivity contribution in [1.82, 2.24) is 0 Å². The van der Waals surface area contributed by atoms with Crippen LogP contribution in [0.3, 0.4) is 0 Å². The van der Waals surface area contributed by atoms with Crippen molar-refractivity contribution in [2.24, 2.45) is 10.7 Å². The fourth-order valence-electron chi connectivity index (χ4n) is 3.31. The van der Waals surface area contributed by atoms with E-state index in [4.69, 9.17) is 5.73 Å². The second kappa shape index (κ2) is 9.86. The minimum Gasteiger partial charge on any atom is -0.395 e. The van der Waals surface area contributed by atoms with Crippen molar-refractivity contribution in [1.29, 1.82) is 0 Å². The third kappa shape index (κ3) is 5.67. The number of fused-ring (bicyclic) bond motifs is 1. The van der Waals surface area contributed by atoms with Gasteiger partial charge in [-0.05, 0) is 48.0 Å². The second-order valence-electron chi connectivity index (χ2n) is 7.12. The molecule has 0 aliphatic carbocycles. The highest BCUT2D eigenvalue weighted by atomic mass is 16.3. The summed E-state index contributed by atoms with van der Waals surface area (Å²) in [5.74, 6) is -0.272. The molecule has 5 N–H and O–H groups in total. The Hall–Kier alpha value is -3.72. The van der Waals surface area contributed by atoms with E-state index in [0.717, 1.165) is 11.1 Å². The Morgan fingerprint density at radius 1 is 1.06 bits per heavy atom. The minimum absolute atomic E-state index is 0.000458. The number of hydrogen-bond acceptors (Lipinski definition) is 6. The van der Waals surface area contributed by atoms with Crippen LogP contribution in [-0.2, 0) is 20.9 Å². The van der Waals surface area contributed by atoms with Crippen LogP contribution in [-0.4, -0.2) is 41.8 Å². The molecular formula is C22H25N5O4. The number of aliphatic imine (C=N–C) groups is 1. The normalized spacial score (nSPS) is 12.0. The molecule has 162 valence electrons. The Morgan fingerprint density at radius 3 is 2.45 bits per heavy atom. The highest BCUT2D eigenvalue weighted by Crippen LogP contribution is 2.22. The van der Waals surface area contributed by atoms with Crippen molar-refractivity contribution in [3.63, 3.8) is 0 Å². The molecule has 0 unspecified atom stereocenters. The largest absolute Gasteiger partial charge is 0.395 e. The predicted molar refractivity (Wildman–Crippen MR) is 119 cm³/mol. The number of carbonyl (C=O) groups is 3. The maximum Gasteiger partial charge on any atom is 0.227 e. The number of anilines is 3. The maximum absolute atomic E-state index is 12.7. The number of aliphatic hydroxyl groups is 1. The van der Waals surface area contributed by atoms with Crippen molar-refractivity contribution in [3.8, 4) is 0 Å². The van der Waals surface area contributed by atoms with Crippen molar-refractivity contribution < 1.29 is 19.5 Å². The van der Waals surface area contributed by atoms with Gasteiger partial charge in [-0.1, -0.05) is 0 Å². The summed E-state index contributed by atoms with van der Waals surface area (Å²) in [5, 5.41) is 14.8. The molecule has 0 atom stereocenters. The molecule has 2 aromatic rings. The van der Waals surface area contributed by atoms with Crippen molar-refractivity contribution in [2.75, 3.05) is 28.7 Å². The zero-order chi connectivity index (χ0) is 22.4. The summed E-state index contributed by atoms with van der Waals surface area (Å²) in [4.78, 5) is 41.7. The van der Waals surface area contributed by atoms with Crippen molar-refractivity contribution in [3.05, 3.63) is 53.6 Å². The molecule has 0 fully saturated rings. The average molecular weight is 423 g/mol. The number of hydrogen-bond donors (Lipinski definition) is 4. The molecule has 3 rings (SSSR count). The number of amidine groups is 1. The first-order valence-corrected chi connectivity index (χ1v) is 9.89. The number of nitrogens with two attached hydrogens (primary N) is 1. The monoisotopic (exact) mass is 423 g/mol. The van der Waals surface area contributed by atoms with Crippen LogP contribution >= 0.6 is 0 Å². The number of amides is 3. The molecule has 3 amide bonds. The van der Waals surface area contributed by atoms with Crippen molar-refractivity contribution >= 4 is 40.6 Å². The third-order valence-electron chi connectivity index (χ3n) is 4.77. The average Bonchev–Trinajstić information content (AvgIpc) is 3.11. The lowest BCUT2D eigenvalue weighted by Crippen LogP contribution is -2.34. The van der Waals surface area contributed by atoms with Gasteiger partial charge < -0.3 is 26.4 Å². The van der Waals surface area contributed by atoms with E-state index in [0.29, 0.717) is 29.4 Å². The molecule has 31 heavy (non-hydrogen) atoms. The first-order chi connectivity index (χ1) is 14.9. The van der Waals surface area contributed by atoms with Gasteiger partial charge in [0.25, 0.3) is 0 Å². The Morgan fingerprint density at radius 2 is 1.77 bits per heavy atom. The molecule has 0 spiro atoms. The van der Waals surface area contributed by atoms with Crippen LogP contribution in [0.4, 0.5) is 17.1 Å². The molecule has 0 aromatic heterocycles. The van der Waals surface area contributed by atoms with E-state index in [1.807, 2.05) is 12.1 Å². The van der Waals surface area contributed by atoms with E-state index in [1.54, 1.807) is 30.3 Å². The minimum atomic E-state index is -0.287. The SMILES string of the molecule is CC(=O)Nc1ccc(N(CCO)C(=O)CCC(=O)Nc2ccc3c(c2)CN=C3N)cc1. The zero-order valence-corrected chi connectivity index (χ0v) is 17.2. The van der Waals surface area contributed by atoms with Gasteiger partial charge in [-0.3, -0.25) is 19.4 Å². The quantitative estimate of drug-likeness (QED) is 0.511. The molecule has 0 bridgehead atoms. The van der Waals surface area contributed by atoms with Crippen LogP contribution in [0, 0.1) is 0 Å².